The van der Waals surface area contributed by atoms with Gasteiger partial charge in [-0.3, -0.25) is 9.69 Å². The minimum absolute atomic E-state index is 0.154. The summed E-state index contributed by atoms with van der Waals surface area (Å²) >= 11 is 0. The van der Waals surface area contributed by atoms with Crippen LogP contribution in [0.2, 0.25) is 0 Å². The van der Waals surface area contributed by atoms with Crippen LogP contribution in [0.3, 0.4) is 0 Å². The van der Waals surface area contributed by atoms with E-state index in [9.17, 15) is 9.59 Å². The highest BCUT2D eigenvalue weighted by Crippen LogP contribution is 2.43. The number of esters is 1. The van der Waals surface area contributed by atoms with Gasteiger partial charge in [0.15, 0.2) is 12.0 Å². The molecule has 2 aliphatic rings. The van der Waals surface area contributed by atoms with Crippen molar-refractivity contribution in [2.75, 3.05) is 29.4 Å². The van der Waals surface area contributed by atoms with E-state index in [0.717, 1.165) is 36.6 Å². The fourth-order valence-corrected chi connectivity index (χ4v) is 4.87. The Labute approximate surface area is 201 Å². The van der Waals surface area contributed by atoms with Crippen molar-refractivity contribution in [3.05, 3.63) is 47.8 Å². The average Bonchev–Trinajstić information content (AvgIpc) is 3.36. The van der Waals surface area contributed by atoms with Crippen LogP contribution >= 0.6 is 0 Å². The van der Waals surface area contributed by atoms with Gasteiger partial charge in [-0.1, -0.05) is 13.8 Å². The highest BCUT2D eigenvalue weighted by atomic mass is 19.1. The summed E-state index contributed by atoms with van der Waals surface area (Å²) in [6, 6.07) is 3.56. The molecule has 2 aliphatic heterocycles. The molecule has 0 radical (unpaired) electrons. The maximum atomic E-state index is 15.4. The van der Waals surface area contributed by atoms with Crippen molar-refractivity contribution in [1.82, 2.24) is 19.7 Å². The third-order valence-corrected chi connectivity index (χ3v) is 6.60. The van der Waals surface area contributed by atoms with Gasteiger partial charge in [0.05, 0.1) is 11.4 Å². The van der Waals surface area contributed by atoms with Crippen molar-refractivity contribution in [3.8, 4) is 0 Å². The van der Waals surface area contributed by atoms with E-state index in [4.69, 9.17) is 10.5 Å². The minimum Gasteiger partial charge on any atom is -0.434 e. The van der Waals surface area contributed by atoms with Crippen LogP contribution in [-0.2, 0) is 20.7 Å². The van der Waals surface area contributed by atoms with Crippen LogP contribution in [0.1, 0.15) is 25.1 Å². The zero-order valence-electron chi connectivity index (χ0n) is 19.9. The van der Waals surface area contributed by atoms with E-state index in [2.05, 4.69) is 34.0 Å². The first-order chi connectivity index (χ1) is 16.7. The number of amides is 1. The second kappa shape index (κ2) is 8.81. The molecule has 3 N–H and O–H groups in total. The molecule has 1 amide bonds. The number of ether oxygens (including phenoxy) is 1. The Morgan fingerprint density at radius 2 is 2.09 bits per heavy atom. The van der Waals surface area contributed by atoms with Gasteiger partial charge in [0.25, 0.3) is 0 Å². The lowest BCUT2D eigenvalue weighted by Crippen LogP contribution is -2.53. The van der Waals surface area contributed by atoms with Crippen LogP contribution in [0, 0.1) is 18.7 Å². The molecule has 3 aromatic rings. The number of hydrogen-bond acceptors (Lipinski definition) is 8. The number of anilines is 3. The first-order valence-electron chi connectivity index (χ1n) is 11.6. The molecule has 5 heterocycles. The van der Waals surface area contributed by atoms with E-state index in [0.29, 0.717) is 23.4 Å². The molecule has 0 aliphatic carbocycles. The summed E-state index contributed by atoms with van der Waals surface area (Å²) in [7, 11) is 0. The lowest BCUT2D eigenvalue weighted by molar-refractivity contribution is -0.157. The maximum Gasteiger partial charge on any atom is 0.398 e. The Hall–Kier alpha value is -3.73. The standard InChI is InChI=1S/C24H28FN7O3/c1-13(2)17-11-30(7-6-27-17)18-4-5-28-23-15(18)8-21(35-24(34)22(26)33)32(23)19-12-31-10-14(3)29-20(31)9-16(19)25/h4-5,9-10,12-13,17,21,27H,6-8,11H2,1-3H3,(H2,26,33)/t17-,21?/m0/s1. The lowest BCUT2D eigenvalue weighted by atomic mass is 10.0. The van der Waals surface area contributed by atoms with Gasteiger partial charge in [0.1, 0.15) is 11.5 Å². The molecule has 1 fully saturated rings. The van der Waals surface area contributed by atoms with E-state index >= 15 is 4.39 Å². The lowest BCUT2D eigenvalue weighted by Gasteiger charge is -2.38. The van der Waals surface area contributed by atoms with Crippen molar-refractivity contribution >= 4 is 34.7 Å². The number of rotatable bonds is 4. The van der Waals surface area contributed by atoms with Crippen LogP contribution in [0.4, 0.5) is 21.6 Å². The van der Waals surface area contributed by atoms with E-state index in [1.54, 1.807) is 23.0 Å². The van der Waals surface area contributed by atoms with Crippen LogP contribution in [0.5, 0.6) is 0 Å². The summed E-state index contributed by atoms with van der Waals surface area (Å²) in [6.07, 6.45) is 4.27. The number of aromatic nitrogens is 3. The first-order valence-corrected chi connectivity index (χ1v) is 11.6. The Balaban J connectivity index is 1.60. The van der Waals surface area contributed by atoms with E-state index in [1.165, 1.54) is 11.0 Å². The molecule has 1 unspecified atom stereocenters. The number of imidazole rings is 1. The molecule has 11 heteroatoms. The van der Waals surface area contributed by atoms with Crippen molar-refractivity contribution in [1.29, 1.82) is 0 Å². The number of nitrogens with zero attached hydrogens (tertiary/aromatic N) is 5. The molecule has 0 aromatic carbocycles. The second-order valence-electron chi connectivity index (χ2n) is 9.34. The third kappa shape index (κ3) is 4.16. The van der Waals surface area contributed by atoms with Gasteiger partial charge in [0.2, 0.25) is 0 Å². The molecule has 35 heavy (non-hydrogen) atoms. The second-order valence-corrected chi connectivity index (χ2v) is 9.34. The molecule has 2 atom stereocenters. The number of nitrogens with one attached hydrogen (secondary N) is 1. The molecule has 0 bridgehead atoms. The predicted molar refractivity (Wildman–Crippen MR) is 128 cm³/mol. The normalized spacial score (nSPS) is 19.9. The van der Waals surface area contributed by atoms with Gasteiger partial charge in [-0.2, -0.15) is 0 Å². The molecule has 5 rings (SSSR count). The van der Waals surface area contributed by atoms with E-state index < -0.39 is 23.9 Å². The van der Waals surface area contributed by atoms with Gasteiger partial charge >= 0.3 is 11.9 Å². The molecule has 1 saturated heterocycles. The number of piperazine rings is 1. The van der Waals surface area contributed by atoms with Gasteiger partial charge in [-0.15, -0.1) is 0 Å². The first kappa shape index (κ1) is 23.0. The number of fused-ring (bicyclic) bond motifs is 2. The van der Waals surface area contributed by atoms with Gasteiger partial charge in [-0.25, -0.2) is 19.2 Å². The summed E-state index contributed by atoms with van der Waals surface area (Å²) in [6.45, 7) is 8.59. The number of carbonyl (C=O) groups is 2. The average molecular weight is 482 g/mol. The summed E-state index contributed by atoms with van der Waals surface area (Å²) in [5.74, 6) is -2.02. The molecule has 10 nitrogen and oxygen atoms in total. The SMILES string of the molecule is Cc1cn2cc(N3c4nccc(N5CCN[C@H](C(C)C)C5)c4CC3OC(=O)C(N)=O)c(F)cc2n1. The van der Waals surface area contributed by atoms with Gasteiger partial charge < -0.3 is 25.1 Å². The number of aryl methyl sites for hydroxylation is 1. The summed E-state index contributed by atoms with van der Waals surface area (Å²) in [4.78, 5) is 36.3. The number of primary amides is 1. The van der Waals surface area contributed by atoms with Crippen molar-refractivity contribution < 1.29 is 18.7 Å². The van der Waals surface area contributed by atoms with Crippen LogP contribution in [0.15, 0.2) is 30.7 Å². The molecule has 3 aromatic heterocycles. The largest absolute Gasteiger partial charge is 0.434 e. The number of halogens is 1. The Morgan fingerprint density at radius 3 is 2.83 bits per heavy atom. The molecular weight excluding hydrogens is 453 g/mol. The number of hydrogen-bond donors (Lipinski definition) is 2. The fourth-order valence-electron chi connectivity index (χ4n) is 4.87. The fraction of sp³-hybridized carbons (Fsp3) is 0.417. The van der Waals surface area contributed by atoms with Crippen molar-refractivity contribution in [2.24, 2.45) is 11.7 Å². The quantitative estimate of drug-likeness (QED) is 0.427. The van der Waals surface area contributed by atoms with Gasteiger partial charge in [0, 0.05) is 68.0 Å². The number of carbonyl (C=O) groups excluding carboxylic acids is 2. The Morgan fingerprint density at radius 1 is 1.29 bits per heavy atom. The van der Waals surface area contributed by atoms with E-state index in [1.807, 2.05) is 13.0 Å². The maximum absolute atomic E-state index is 15.4. The molecule has 184 valence electrons. The molecule has 0 spiro atoms. The third-order valence-electron chi connectivity index (χ3n) is 6.60. The molecule has 0 saturated carbocycles. The zero-order chi connectivity index (χ0) is 24.9. The van der Waals surface area contributed by atoms with Crippen LogP contribution in [-0.4, -0.2) is 58.1 Å². The number of pyridine rings is 2. The van der Waals surface area contributed by atoms with Crippen molar-refractivity contribution in [3.63, 3.8) is 0 Å². The minimum atomic E-state index is -1.21. The topological polar surface area (TPSA) is 118 Å². The summed E-state index contributed by atoms with van der Waals surface area (Å²) in [5.41, 5.74) is 8.26. The summed E-state index contributed by atoms with van der Waals surface area (Å²) in [5, 5.41) is 3.55. The predicted octanol–water partition coefficient (Wildman–Crippen LogP) is 1.66. The van der Waals surface area contributed by atoms with Crippen molar-refractivity contribution in [2.45, 2.75) is 39.5 Å². The van der Waals surface area contributed by atoms with Gasteiger partial charge in [-0.05, 0) is 18.9 Å². The number of nitrogens with two attached hydrogens (primary N) is 1. The highest BCUT2D eigenvalue weighted by Gasteiger charge is 2.39. The van der Waals surface area contributed by atoms with Crippen LogP contribution < -0.4 is 20.9 Å². The van der Waals surface area contributed by atoms with E-state index in [-0.39, 0.29) is 12.1 Å². The Bertz CT molecular complexity index is 1310. The zero-order valence-corrected chi connectivity index (χ0v) is 19.9. The monoisotopic (exact) mass is 481 g/mol. The summed E-state index contributed by atoms with van der Waals surface area (Å²) < 4.78 is 22.5. The smallest absolute Gasteiger partial charge is 0.398 e. The molecular formula is C24H28FN7O3. The van der Waals surface area contributed by atoms with Crippen LogP contribution in [0.25, 0.3) is 5.65 Å². The Kier molecular flexibility index (Phi) is 5.79. The highest BCUT2D eigenvalue weighted by molar-refractivity contribution is 6.31.